The Balaban J connectivity index is 0.976. The highest BCUT2D eigenvalue weighted by molar-refractivity contribution is 7.17. The highest BCUT2D eigenvalue weighted by Gasteiger charge is 2.53. The molecular formula is C72H101ClN8O14S. The molecule has 8 rings (SSSR count). The van der Waals surface area contributed by atoms with E-state index in [-0.39, 0.29) is 67.1 Å². The number of piperazine rings is 1. The zero-order valence-corrected chi connectivity index (χ0v) is 59.2. The number of aliphatic hydroxyl groups excluding tert-OH is 2. The van der Waals surface area contributed by atoms with Gasteiger partial charge in [0, 0.05) is 90.1 Å². The van der Waals surface area contributed by atoms with E-state index >= 15 is 0 Å². The van der Waals surface area contributed by atoms with Crippen molar-refractivity contribution in [3.8, 4) is 0 Å². The Morgan fingerprint density at radius 2 is 1.65 bits per heavy atom. The van der Waals surface area contributed by atoms with E-state index in [2.05, 4.69) is 30.4 Å². The number of hydrogen-bond donors (Lipinski definition) is 5. The molecule has 5 N–H and O–H groups in total. The van der Waals surface area contributed by atoms with Gasteiger partial charge in [0.1, 0.15) is 52.5 Å². The van der Waals surface area contributed by atoms with Crippen molar-refractivity contribution in [3.63, 3.8) is 0 Å². The lowest BCUT2D eigenvalue weighted by atomic mass is 9.78. The summed E-state index contributed by atoms with van der Waals surface area (Å²) in [6, 6.07) is 6.10. The molecule has 526 valence electrons. The first-order valence-corrected chi connectivity index (χ1v) is 35.3. The standard InChI is InChI=1S/C72H101ClN8O14S/c1-42-18-13-12-14-19-43(2)57(93-33-32-79-28-30-80(31-29-79)62-40-61(75-50(9)76-62)77-71-74-41-60(96-71)68(87)78-63-44(3)20-17-21-53(63)73)38-52-25-23-49(8)72(90,95-52)67(86)69(88)81-27-16-15-22-54(81)70(89)94-58(46(5)36-51-24-26-55(82)59(37-51)91-10)39-56(83)45(4)35-48(7)65(85)66(92-11)64(84)47(6)34-42/h12-14,17-21,35,40-42,45-47,49,51-52,54-55,57-59,65-66,82,85,90H,15-16,22-34,36-39H2,1-11H3,(H,78,87)(H,74,75,76,77)/b14-12+,18-13+,43-19-,48-35+/t42-,45-,46?,47-,49-,51-,52+,54?,55-,57-,58+,59-,65-,66+,72-/m1/s1. The van der Waals surface area contributed by atoms with Crippen LogP contribution in [-0.4, -0.2) is 190 Å². The van der Waals surface area contributed by atoms with Crippen molar-refractivity contribution in [3.05, 3.63) is 99.4 Å². The van der Waals surface area contributed by atoms with E-state index in [1.54, 1.807) is 40.0 Å². The number of aliphatic hydroxyl groups is 3. The van der Waals surface area contributed by atoms with Crippen molar-refractivity contribution in [2.45, 2.75) is 194 Å². The van der Waals surface area contributed by atoms with E-state index in [0.717, 1.165) is 17.0 Å². The third-order valence-corrected chi connectivity index (χ3v) is 21.1. The van der Waals surface area contributed by atoms with E-state index in [9.17, 15) is 44.1 Å². The van der Waals surface area contributed by atoms with Gasteiger partial charge in [0.25, 0.3) is 17.6 Å². The van der Waals surface area contributed by atoms with E-state index < -0.39 is 83.9 Å². The number of carbonyl (C=O) groups is 6. The minimum absolute atomic E-state index is 0.0387. The van der Waals surface area contributed by atoms with Crippen molar-refractivity contribution in [2.24, 2.45) is 35.5 Å². The number of rotatable bonds is 14. The van der Waals surface area contributed by atoms with Gasteiger partial charge in [0.2, 0.25) is 5.79 Å². The lowest BCUT2D eigenvalue weighted by Gasteiger charge is -2.43. The molecule has 5 aliphatic rings. The van der Waals surface area contributed by atoms with Crippen LogP contribution < -0.4 is 15.5 Å². The molecule has 24 heteroatoms. The van der Waals surface area contributed by atoms with Crippen LogP contribution >= 0.6 is 22.9 Å². The van der Waals surface area contributed by atoms with Gasteiger partial charge in [-0.05, 0) is 132 Å². The van der Waals surface area contributed by atoms with Gasteiger partial charge in [-0.15, -0.1) is 0 Å². The number of thiazole rings is 1. The minimum atomic E-state index is -2.52. The highest BCUT2D eigenvalue weighted by Crippen LogP contribution is 2.39. The maximum Gasteiger partial charge on any atom is 0.329 e. The van der Waals surface area contributed by atoms with Crippen LogP contribution in [0.4, 0.5) is 22.5 Å². The van der Waals surface area contributed by atoms with Crippen LogP contribution in [0.15, 0.2) is 78.1 Å². The molecule has 0 spiro atoms. The number of anilines is 4. The molecule has 3 saturated heterocycles. The van der Waals surface area contributed by atoms with Crippen LogP contribution in [0.5, 0.6) is 0 Å². The Kier molecular flexibility index (Phi) is 27.6. The van der Waals surface area contributed by atoms with Gasteiger partial charge < -0.3 is 59.4 Å². The summed E-state index contributed by atoms with van der Waals surface area (Å²) < 4.78 is 30.8. The number of carbonyl (C=O) groups excluding carboxylic acids is 6. The number of allylic oxidation sites excluding steroid dienone is 6. The van der Waals surface area contributed by atoms with Crippen LogP contribution in [0, 0.1) is 49.4 Å². The smallest absolute Gasteiger partial charge is 0.329 e. The number of amides is 2. The van der Waals surface area contributed by atoms with Gasteiger partial charge in [-0.3, -0.25) is 28.9 Å². The van der Waals surface area contributed by atoms with Crippen LogP contribution in [0.2, 0.25) is 5.02 Å². The number of ether oxygens (including phenoxy) is 5. The summed E-state index contributed by atoms with van der Waals surface area (Å²) in [6.07, 6.45) is 11.9. The predicted octanol–water partition coefficient (Wildman–Crippen LogP) is 9.89. The average molecular weight is 1370 g/mol. The minimum Gasteiger partial charge on any atom is -0.460 e. The number of nitrogens with zero attached hydrogens (tertiary/aromatic N) is 6. The quantitative estimate of drug-likeness (QED) is 0.0570. The van der Waals surface area contributed by atoms with Gasteiger partial charge in [-0.1, -0.05) is 106 Å². The van der Waals surface area contributed by atoms with E-state index in [1.807, 2.05) is 90.1 Å². The Hall–Kier alpha value is -6.12. The number of nitrogens with one attached hydrogen (secondary N) is 2. The van der Waals surface area contributed by atoms with Crippen molar-refractivity contribution >= 4 is 80.5 Å². The zero-order chi connectivity index (χ0) is 69.5. The number of fused-ring (bicyclic) bond motifs is 3. The first-order chi connectivity index (χ1) is 45.8. The van der Waals surface area contributed by atoms with Crippen molar-refractivity contribution in [1.29, 1.82) is 0 Å². The molecule has 2 amide bonds. The fraction of sp³-hybridized carbons (Fsp3) is 0.625. The van der Waals surface area contributed by atoms with Crippen LogP contribution in [0.1, 0.15) is 147 Å². The number of piperidine rings is 1. The molecule has 2 bridgehead atoms. The summed E-state index contributed by atoms with van der Waals surface area (Å²) in [4.78, 5) is 106. The molecule has 2 aromatic heterocycles. The summed E-state index contributed by atoms with van der Waals surface area (Å²) in [7, 11) is 2.94. The van der Waals surface area contributed by atoms with Crippen LogP contribution in [0.25, 0.3) is 0 Å². The summed E-state index contributed by atoms with van der Waals surface area (Å²) in [5, 5.41) is 41.8. The maximum atomic E-state index is 14.7. The molecule has 0 radical (unpaired) electrons. The number of aromatic nitrogens is 3. The number of cyclic esters (lactones) is 1. The molecule has 15 atom stereocenters. The van der Waals surface area contributed by atoms with Crippen molar-refractivity contribution in [2.75, 3.05) is 75.6 Å². The second kappa shape index (κ2) is 35.1. The molecule has 6 heterocycles. The zero-order valence-electron chi connectivity index (χ0n) is 57.7. The number of Topliss-reactive ketones (excluding diaryl/α,β-unsaturated/α-hetero) is 3. The van der Waals surface area contributed by atoms with Crippen LogP contribution in [-0.2, 0) is 47.7 Å². The summed E-state index contributed by atoms with van der Waals surface area (Å²) in [5.41, 5.74) is 2.61. The fourth-order valence-corrected chi connectivity index (χ4v) is 14.8. The largest absolute Gasteiger partial charge is 0.460 e. The third kappa shape index (κ3) is 19.8. The molecule has 3 aromatic rings. The molecule has 1 aliphatic carbocycles. The lowest BCUT2D eigenvalue weighted by Crippen LogP contribution is -2.61. The molecule has 22 nitrogen and oxygen atoms in total. The number of para-hydroxylation sites is 1. The number of methoxy groups -OCH3 is 2. The Morgan fingerprint density at radius 1 is 0.885 bits per heavy atom. The lowest BCUT2D eigenvalue weighted by molar-refractivity contribution is -0.266. The molecule has 2 unspecified atom stereocenters. The summed E-state index contributed by atoms with van der Waals surface area (Å²) >= 11 is 7.56. The van der Waals surface area contributed by atoms with Gasteiger partial charge in [-0.25, -0.2) is 19.7 Å². The van der Waals surface area contributed by atoms with E-state index in [0.29, 0.717) is 135 Å². The molecule has 4 fully saturated rings. The van der Waals surface area contributed by atoms with Crippen LogP contribution in [0.3, 0.4) is 0 Å². The second-order valence-electron chi connectivity index (χ2n) is 27.3. The third-order valence-electron chi connectivity index (χ3n) is 19.9. The summed E-state index contributed by atoms with van der Waals surface area (Å²) in [5.74, 6) is -6.93. The highest BCUT2D eigenvalue weighted by atomic mass is 35.5. The molecule has 4 aliphatic heterocycles. The Bertz CT molecular complexity index is 3300. The Morgan fingerprint density at radius 3 is 2.38 bits per heavy atom. The number of esters is 1. The van der Waals surface area contributed by atoms with E-state index in [1.165, 1.54) is 29.5 Å². The number of benzene rings is 1. The maximum absolute atomic E-state index is 14.7. The van der Waals surface area contributed by atoms with Gasteiger partial charge in [0.05, 0.1) is 47.9 Å². The molecule has 1 aromatic carbocycles. The SMILES string of the molecule is CO[C@@H]1C[C@@H](CC(C)[C@@H]2CC(=O)[C@H](C)/C=C(\C)[C@@H](O)[C@@H](OC)C(=O)[C@H](C)C[C@H](C)/C=C/C=C/C=C(/C)[C@H](OCCN3CCN(c4cc(Nc5ncc(C(=O)Nc6c(C)cccc6Cl)s5)nc(C)n4)CC3)C[C@@H]3CC[C@@H](C)[C@@](O)(O3)C(=O)C(=O)N3CCCCC3C(=O)O2)CC[C@H]1O. The van der Waals surface area contributed by atoms with Gasteiger partial charge in [-0.2, -0.15) is 0 Å². The number of aryl methyl sites for hydroxylation is 2. The first kappa shape index (κ1) is 75.6. The van der Waals surface area contributed by atoms with Crippen molar-refractivity contribution in [1.82, 2.24) is 24.8 Å². The van der Waals surface area contributed by atoms with Crippen molar-refractivity contribution < 1.29 is 67.8 Å². The number of halogens is 1. The number of ketones is 3. The second-order valence-corrected chi connectivity index (χ2v) is 28.7. The van der Waals surface area contributed by atoms with E-state index in [4.69, 9.17) is 40.3 Å². The number of hydrogen-bond acceptors (Lipinski definition) is 21. The monoisotopic (exact) mass is 1370 g/mol. The average Bonchev–Trinajstić information content (AvgIpc) is 0.893. The summed E-state index contributed by atoms with van der Waals surface area (Å²) in [6.45, 7) is 20.1. The topological polar surface area (TPSA) is 282 Å². The van der Waals surface area contributed by atoms with Gasteiger partial charge in [0.15, 0.2) is 10.9 Å². The first-order valence-electron chi connectivity index (χ1n) is 34.1. The fourth-order valence-electron chi connectivity index (χ4n) is 13.8. The molecule has 1 saturated carbocycles. The van der Waals surface area contributed by atoms with Gasteiger partial charge >= 0.3 is 5.97 Å². The predicted molar refractivity (Wildman–Crippen MR) is 369 cm³/mol. The normalized spacial score (nSPS) is 32.2. The molecular weight excluding hydrogens is 1270 g/mol. The molecule has 96 heavy (non-hydrogen) atoms. The Labute approximate surface area is 574 Å².